The Morgan fingerprint density at radius 2 is 1.52 bits per heavy atom. The van der Waals surface area contributed by atoms with Crippen LogP contribution in [0.25, 0.3) is 0 Å². The molecule has 0 aromatic heterocycles. The van der Waals surface area contributed by atoms with Crippen molar-refractivity contribution in [2.24, 2.45) is 5.41 Å². The molecule has 1 unspecified atom stereocenters. The highest BCUT2D eigenvalue weighted by atomic mass is 16.5. The van der Waals surface area contributed by atoms with E-state index in [1.54, 1.807) is 21.3 Å². The molecule has 0 saturated heterocycles. The molecule has 21 heavy (non-hydrogen) atoms. The van der Waals surface area contributed by atoms with Crippen LogP contribution in [0.5, 0.6) is 17.2 Å². The molecule has 1 aromatic rings. The van der Waals surface area contributed by atoms with E-state index in [1.807, 2.05) is 12.1 Å². The van der Waals surface area contributed by atoms with Gasteiger partial charge in [0, 0.05) is 6.04 Å². The molecule has 0 spiro atoms. The first-order valence-corrected chi connectivity index (χ1v) is 7.42. The van der Waals surface area contributed by atoms with Gasteiger partial charge in [0.05, 0.1) is 21.3 Å². The molecule has 1 rings (SSSR count). The van der Waals surface area contributed by atoms with Gasteiger partial charge in [0.2, 0.25) is 5.75 Å². The van der Waals surface area contributed by atoms with Crippen LogP contribution in [-0.4, -0.2) is 27.9 Å². The largest absolute Gasteiger partial charge is 0.493 e. The van der Waals surface area contributed by atoms with Crippen LogP contribution in [0, 0.1) is 5.41 Å². The van der Waals surface area contributed by atoms with Crippen LogP contribution in [0.1, 0.15) is 45.7 Å². The standard InChI is InChI=1S/C17H29NO3/c1-8-9-18-16(17(2,3)4)12-10-13(19-5)15(21-7)14(11-12)20-6/h10-11,16,18H,8-9H2,1-7H3. The number of benzene rings is 1. The quantitative estimate of drug-likeness (QED) is 0.830. The summed E-state index contributed by atoms with van der Waals surface area (Å²) >= 11 is 0. The fourth-order valence-electron chi connectivity index (χ4n) is 2.48. The highest BCUT2D eigenvalue weighted by Gasteiger charge is 2.28. The molecule has 120 valence electrons. The van der Waals surface area contributed by atoms with Crippen LogP contribution >= 0.6 is 0 Å². The van der Waals surface area contributed by atoms with Crippen LogP contribution in [-0.2, 0) is 0 Å². The van der Waals surface area contributed by atoms with Gasteiger partial charge >= 0.3 is 0 Å². The number of methoxy groups -OCH3 is 3. The molecule has 0 aliphatic heterocycles. The third-order valence-electron chi connectivity index (χ3n) is 3.48. The minimum atomic E-state index is 0.0831. The number of rotatable bonds is 7. The summed E-state index contributed by atoms with van der Waals surface area (Å²) in [5.74, 6) is 2.02. The van der Waals surface area contributed by atoms with Gasteiger partial charge in [0.25, 0.3) is 0 Å². The summed E-state index contributed by atoms with van der Waals surface area (Å²) in [5.41, 5.74) is 1.23. The second-order valence-corrected chi connectivity index (χ2v) is 6.21. The lowest BCUT2D eigenvalue weighted by atomic mass is 9.82. The van der Waals surface area contributed by atoms with Crippen molar-refractivity contribution >= 4 is 0 Å². The van der Waals surface area contributed by atoms with Crippen molar-refractivity contribution < 1.29 is 14.2 Å². The minimum Gasteiger partial charge on any atom is -0.493 e. The second-order valence-electron chi connectivity index (χ2n) is 6.21. The SMILES string of the molecule is CCCNC(c1cc(OC)c(OC)c(OC)c1)C(C)(C)C. The van der Waals surface area contributed by atoms with Crippen molar-refractivity contribution in [3.05, 3.63) is 17.7 Å². The highest BCUT2D eigenvalue weighted by molar-refractivity contribution is 5.54. The van der Waals surface area contributed by atoms with Crippen LogP contribution in [0.4, 0.5) is 0 Å². The average Bonchev–Trinajstić information content (AvgIpc) is 2.45. The number of nitrogens with one attached hydrogen (secondary N) is 1. The van der Waals surface area contributed by atoms with Crippen LogP contribution in [0.15, 0.2) is 12.1 Å². The normalized spacial score (nSPS) is 12.9. The van der Waals surface area contributed by atoms with Crippen LogP contribution < -0.4 is 19.5 Å². The Bertz CT molecular complexity index is 427. The summed E-state index contributed by atoms with van der Waals surface area (Å²) in [6.07, 6.45) is 1.09. The first-order chi connectivity index (χ1) is 9.88. The minimum absolute atomic E-state index is 0.0831. The Morgan fingerprint density at radius 1 is 1.00 bits per heavy atom. The van der Waals surface area contributed by atoms with Gasteiger partial charge < -0.3 is 19.5 Å². The smallest absolute Gasteiger partial charge is 0.203 e. The van der Waals surface area contributed by atoms with Gasteiger partial charge in [-0.25, -0.2) is 0 Å². The van der Waals surface area contributed by atoms with E-state index >= 15 is 0 Å². The fourth-order valence-corrected chi connectivity index (χ4v) is 2.48. The lowest BCUT2D eigenvalue weighted by Crippen LogP contribution is -2.32. The lowest BCUT2D eigenvalue weighted by Gasteiger charge is -2.33. The first-order valence-electron chi connectivity index (χ1n) is 7.42. The van der Waals surface area contributed by atoms with E-state index < -0.39 is 0 Å². The molecule has 4 nitrogen and oxygen atoms in total. The van der Waals surface area contributed by atoms with Crippen molar-refractivity contribution in [3.8, 4) is 17.2 Å². The third kappa shape index (κ3) is 4.27. The highest BCUT2D eigenvalue weighted by Crippen LogP contribution is 2.43. The maximum atomic E-state index is 5.45. The first kappa shape index (κ1) is 17.6. The predicted molar refractivity (Wildman–Crippen MR) is 86.6 cm³/mol. The molecule has 0 saturated carbocycles. The number of ether oxygens (including phenoxy) is 3. The summed E-state index contributed by atoms with van der Waals surface area (Å²) in [7, 11) is 4.91. The van der Waals surface area contributed by atoms with Crippen molar-refractivity contribution in [2.75, 3.05) is 27.9 Å². The summed E-state index contributed by atoms with van der Waals surface area (Å²) in [6, 6.07) is 4.27. The second kappa shape index (κ2) is 7.55. The maximum Gasteiger partial charge on any atom is 0.203 e. The Labute approximate surface area is 128 Å². The fraction of sp³-hybridized carbons (Fsp3) is 0.647. The van der Waals surface area contributed by atoms with E-state index in [9.17, 15) is 0 Å². The molecule has 1 N–H and O–H groups in total. The van der Waals surface area contributed by atoms with Gasteiger partial charge in [0.15, 0.2) is 11.5 Å². The van der Waals surface area contributed by atoms with E-state index in [-0.39, 0.29) is 11.5 Å². The molecular formula is C17H29NO3. The van der Waals surface area contributed by atoms with E-state index in [4.69, 9.17) is 14.2 Å². The zero-order chi connectivity index (χ0) is 16.0. The van der Waals surface area contributed by atoms with Crippen molar-refractivity contribution in [1.82, 2.24) is 5.32 Å². The number of hydrogen-bond donors (Lipinski definition) is 1. The van der Waals surface area contributed by atoms with E-state index in [1.165, 1.54) is 0 Å². The van der Waals surface area contributed by atoms with Crippen molar-refractivity contribution in [3.63, 3.8) is 0 Å². The summed E-state index contributed by atoms with van der Waals surface area (Å²) in [5, 5.41) is 3.61. The maximum absolute atomic E-state index is 5.45. The van der Waals surface area contributed by atoms with E-state index in [2.05, 4.69) is 33.0 Å². The molecule has 1 atom stereocenters. The molecule has 1 aromatic carbocycles. The van der Waals surface area contributed by atoms with Gasteiger partial charge in [-0.05, 0) is 36.1 Å². The van der Waals surface area contributed by atoms with E-state index in [0.29, 0.717) is 17.2 Å². The molecule has 0 fully saturated rings. The molecule has 0 heterocycles. The molecule has 0 radical (unpaired) electrons. The Kier molecular flexibility index (Phi) is 6.34. The molecular weight excluding hydrogens is 266 g/mol. The summed E-state index contributed by atoms with van der Waals surface area (Å²) in [4.78, 5) is 0. The van der Waals surface area contributed by atoms with Gasteiger partial charge in [0.1, 0.15) is 0 Å². The third-order valence-corrected chi connectivity index (χ3v) is 3.48. The molecule has 4 heteroatoms. The zero-order valence-corrected chi connectivity index (χ0v) is 14.4. The van der Waals surface area contributed by atoms with Crippen LogP contribution in [0.2, 0.25) is 0 Å². The predicted octanol–water partition coefficient (Wildman–Crippen LogP) is 3.80. The average molecular weight is 295 g/mol. The molecule has 0 aliphatic carbocycles. The van der Waals surface area contributed by atoms with E-state index in [0.717, 1.165) is 18.5 Å². The van der Waals surface area contributed by atoms with Gasteiger partial charge in [-0.15, -0.1) is 0 Å². The number of hydrogen-bond acceptors (Lipinski definition) is 4. The molecule has 0 aliphatic rings. The summed E-state index contributed by atoms with van der Waals surface area (Å²) in [6.45, 7) is 9.82. The Morgan fingerprint density at radius 3 is 1.86 bits per heavy atom. The zero-order valence-electron chi connectivity index (χ0n) is 14.4. The van der Waals surface area contributed by atoms with Crippen molar-refractivity contribution in [2.45, 2.75) is 40.2 Å². The Hall–Kier alpha value is -1.42. The van der Waals surface area contributed by atoms with Crippen LogP contribution in [0.3, 0.4) is 0 Å². The molecule has 0 amide bonds. The monoisotopic (exact) mass is 295 g/mol. The molecule has 0 bridgehead atoms. The van der Waals surface area contributed by atoms with Crippen molar-refractivity contribution in [1.29, 1.82) is 0 Å². The Balaban J connectivity index is 3.31. The summed E-state index contributed by atoms with van der Waals surface area (Å²) < 4.78 is 16.3. The topological polar surface area (TPSA) is 39.7 Å². The van der Waals surface area contributed by atoms with Gasteiger partial charge in [-0.3, -0.25) is 0 Å². The lowest BCUT2D eigenvalue weighted by molar-refractivity contribution is 0.269. The van der Waals surface area contributed by atoms with Gasteiger partial charge in [-0.1, -0.05) is 27.7 Å². The van der Waals surface area contributed by atoms with Gasteiger partial charge in [-0.2, -0.15) is 0 Å².